The van der Waals surface area contributed by atoms with Crippen molar-refractivity contribution in [2.24, 2.45) is 0 Å². The summed E-state index contributed by atoms with van der Waals surface area (Å²) in [5.74, 6) is 0. The van der Waals surface area contributed by atoms with Gasteiger partial charge in [-0.25, -0.2) is 4.98 Å². The van der Waals surface area contributed by atoms with E-state index in [0.717, 1.165) is 13.0 Å². The van der Waals surface area contributed by atoms with Gasteiger partial charge in [0.25, 0.3) is 0 Å². The monoisotopic (exact) mass is 300 g/mol. The first kappa shape index (κ1) is 14.7. The molecular weight excluding hydrogens is 276 g/mol. The molecule has 112 valence electrons. The van der Waals surface area contributed by atoms with Gasteiger partial charge in [-0.1, -0.05) is 37.3 Å². The zero-order chi connectivity index (χ0) is 14.9. The molecular formula is C18H24N2S. The lowest BCUT2D eigenvalue weighted by Gasteiger charge is -2.28. The molecule has 1 unspecified atom stereocenters. The van der Waals surface area contributed by atoms with E-state index in [9.17, 15) is 0 Å². The van der Waals surface area contributed by atoms with Crippen molar-refractivity contribution in [3.8, 4) is 0 Å². The predicted octanol–water partition coefficient (Wildman–Crippen LogP) is 4.01. The molecule has 1 saturated carbocycles. The topological polar surface area (TPSA) is 24.9 Å². The maximum atomic E-state index is 4.75. The van der Waals surface area contributed by atoms with Crippen LogP contribution in [0.1, 0.15) is 40.9 Å². The molecule has 1 aromatic carbocycles. The molecule has 1 aliphatic carbocycles. The first-order valence-electron chi connectivity index (χ1n) is 7.87. The van der Waals surface area contributed by atoms with Crippen LogP contribution in [0.2, 0.25) is 0 Å². The zero-order valence-electron chi connectivity index (χ0n) is 13.1. The Kier molecular flexibility index (Phi) is 4.14. The minimum atomic E-state index is 0.324. The van der Waals surface area contributed by atoms with Gasteiger partial charge in [0.1, 0.15) is 0 Å². The summed E-state index contributed by atoms with van der Waals surface area (Å²) in [4.78, 5) is 6.10. The van der Waals surface area contributed by atoms with Gasteiger partial charge in [0.2, 0.25) is 0 Å². The third-order valence-electron chi connectivity index (χ3n) is 4.71. The first-order chi connectivity index (χ1) is 10.2. The van der Waals surface area contributed by atoms with Crippen LogP contribution in [0.4, 0.5) is 0 Å². The van der Waals surface area contributed by atoms with Crippen molar-refractivity contribution in [1.29, 1.82) is 0 Å². The number of hydrogen-bond acceptors (Lipinski definition) is 3. The molecule has 1 aromatic heterocycles. The number of rotatable bonds is 6. The van der Waals surface area contributed by atoms with E-state index >= 15 is 0 Å². The van der Waals surface area contributed by atoms with Crippen molar-refractivity contribution in [2.45, 2.75) is 51.5 Å². The third-order valence-corrected chi connectivity index (χ3v) is 5.80. The molecule has 0 radical (unpaired) electrons. The lowest BCUT2D eigenvalue weighted by Crippen LogP contribution is -2.41. The average Bonchev–Trinajstić information content (AvgIpc) is 3.23. The Morgan fingerprint density at radius 1 is 1.24 bits per heavy atom. The summed E-state index contributed by atoms with van der Waals surface area (Å²) in [6.07, 6.45) is 3.62. The molecule has 1 heterocycles. The molecule has 2 aromatic rings. The van der Waals surface area contributed by atoms with Crippen LogP contribution >= 0.6 is 11.3 Å². The molecule has 0 aliphatic heterocycles. The summed E-state index contributed by atoms with van der Waals surface area (Å²) in [7, 11) is 0. The Balaban J connectivity index is 1.84. The number of nitrogens with zero attached hydrogens (tertiary/aromatic N) is 1. The Labute approximate surface area is 131 Å². The van der Waals surface area contributed by atoms with Gasteiger partial charge in [-0.05, 0) is 38.8 Å². The molecule has 1 atom stereocenters. The molecule has 1 N–H and O–H groups in total. The number of aromatic nitrogens is 1. The number of aryl methyl sites for hydroxylation is 2. The largest absolute Gasteiger partial charge is 0.313 e. The van der Waals surface area contributed by atoms with E-state index in [2.05, 4.69) is 56.4 Å². The molecule has 1 fully saturated rings. The summed E-state index contributed by atoms with van der Waals surface area (Å²) in [5.41, 5.74) is 3.00. The van der Waals surface area contributed by atoms with E-state index in [1.807, 2.05) is 11.3 Å². The van der Waals surface area contributed by atoms with Gasteiger partial charge in [-0.15, -0.1) is 11.3 Å². The van der Waals surface area contributed by atoms with Crippen molar-refractivity contribution in [3.63, 3.8) is 0 Å². The predicted molar refractivity (Wildman–Crippen MR) is 90.1 cm³/mol. The minimum absolute atomic E-state index is 0.324. The summed E-state index contributed by atoms with van der Waals surface area (Å²) in [5, 5.41) is 5.00. The highest BCUT2D eigenvalue weighted by atomic mass is 32.1. The normalized spacial score (nSPS) is 17.7. The molecule has 1 aliphatic rings. The standard InChI is InChI=1S/C18H24N2S/c1-4-19-16(12-17-20-13(2)14(3)21-17)18(10-11-18)15-8-6-5-7-9-15/h5-9,16,19H,4,10-12H2,1-3H3. The third kappa shape index (κ3) is 2.90. The fraction of sp³-hybridized carbons (Fsp3) is 0.500. The maximum Gasteiger partial charge on any atom is 0.0946 e. The lowest BCUT2D eigenvalue weighted by atomic mass is 9.86. The number of nitrogens with one attached hydrogen (secondary N) is 1. The molecule has 3 heteroatoms. The van der Waals surface area contributed by atoms with Gasteiger partial charge in [0.05, 0.1) is 10.7 Å². The first-order valence-corrected chi connectivity index (χ1v) is 8.69. The SMILES string of the molecule is CCNC(Cc1nc(C)c(C)s1)C1(c2ccccc2)CC1. The van der Waals surface area contributed by atoms with Crippen LogP contribution in [0.15, 0.2) is 30.3 Å². The second kappa shape index (κ2) is 5.90. The summed E-state index contributed by atoms with van der Waals surface area (Å²) in [6.45, 7) is 7.50. The van der Waals surface area contributed by atoms with E-state index < -0.39 is 0 Å². The van der Waals surface area contributed by atoms with Crippen LogP contribution in [-0.2, 0) is 11.8 Å². The fourth-order valence-electron chi connectivity index (χ4n) is 3.25. The van der Waals surface area contributed by atoms with Gasteiger partial charge in [-0.3, -0.25) is 0 Å². The van der Waals surface area contributed by atoms with Crippen molar-refractivity contribution >= 4 is 11.3 Å². The Hall–Kier alpha value is -1.19. The molecule has 0 bridgehead atoms. The van der Waals surface area contributed by atoms with E-state index in [0.29, 0.717) is 11.5 Å². The quantitative estimate of drug-likeness (QED) is 0.872. The van der Waals surface area contributed by atoms with E-state index in [1.165, 1.54) is 34.0 Å². The minimum Gasteiger partial charge on any atom is -0.313 e. The zero-order valence-corrected chi connectivity index (χ0v) is 14.0. The average molecular weight is 300 g/mol. The highest BCUT2D eigenvalue weighted by molar-refractivity contribution is 7.11. The van der Waals surface area contributed by atoms with E-state index in [-0.39, 0.29) is 0 Å². The van der Waals surface area contributed by atoms with Crippen LogP contribution in [0, 0.1) is 13.8 Å². The second-order valence-corrected chi connectivity index (χ2v) is 7.37. The second-order valence-electron chi connectivity index (χ2n) is 6.09. The maximum absolute atomic E-state index is 4.75. The van der Waals surface area contributed by atoms with Gasteiger partial charge < -0.3 is 5.32 Å². The van der Waals surface area contributed by atoms with Gasteiger partial charge in [0, 0.05) is 22.8 Å². The molecule has 21 heavy (non-hydrogen) atoms. The van der Waals surface area contributed by atoms with Gasteiger partial charge >= 0.3 is 0 Å². The van der Waals surface area contributed by atoms with Crippen molar-refractivity contribution in [3.05, 3.63) is 51.5 Å². The Morgan fingerprint density at radius 2 is 1.95 bits per heavy atom. The van der Waals surface area contributed by atoms with Crippen LogP contribution < -0.4 is 5.32 Å². The number of thiazole rings is 1. The molecule has 0 amide bonds. The van der Waals surface area contributed by atoms with Gasteiger partial charge in [0.15, 0.2) is 0 Å². The summed E-state index contributed by atoms with van der Waals surface area (Å²) >= 11 is 1.86. The van der Waals surface area contributed by atoms with E-state index in [4.69, 9.17) is 4.98 Å². The summed E-state index contributed by atoms with van der Waals surface area (Å²) < 4.78 is 0. The molecule has 0 spiro atoms. The number of likely N-dealkylation sites (N-methyl/N-ethyl adjacent to an activating group) is 1. The molecule has 0 saturated heterocycles. The van der Waals surface area contributed by atoms with Crippen molar-refractivity contribution < 1.29 is 0 Å². The number of hydrogen-bond donors (Lipinski definition) is 1. The lowest BCUT2D eigenvalue weighted by molar-refractivity contribution is 0.421. The highest BCUT2D eigenvalue weighted by Crippen LogP contribution is 2.51. The van der Waals surface area contributed by atoms with Crippen LogP contribution in [-0.4, -0.2) is 17.6 Å². The highest BCUT2D eigenvalue weighted by Gasteiger charge is 2.50. The van der Waals surface area contributed by atoms with Gasteiger partial charge in [-0.2, -0.15) is 0 Å². The van der Waals surface area contributed by atoms with Crippen molar-refractivity contribution in [2.75, 3.05) is 6.54 Å². The molecule has 3 rings (SSSR count). The van der Waals surface area contributed by atoms with E-state index in [1.54, 1.807) is 0 Å². The Bertz CT molecular complexity index is 579. The fourth-order valence-corrected chi connectivity index (χ4v) is 4.23. The van der Waals surface area contributed by atoms with Crippen LogP contribution in [0.3, 0.4) is 0 Å². The Morgan fingerprint density at radius 3 is 2.48 bits per heavy atom. The summed E-state index contributed by atoms with van der Waals surface area (Å²) in [6, 6.07) is 11.5. The molecule has 2 nitrogen and oxygen atoms in total. The smallest absolute Gasteiger partial charge is 0.0946 e. The number of benzene rings is 1. The van der Waals surface area contributed by atoms with Crippen molar-refractivity contribution in [1.82, 2.24) is 10.3 Å². The van der Waals surface area contributed by atoms with Crippen LogP contribution in [0.25, 0.3) is 0 Å². The van der Waals surface area contributed by atoms with Crippen LogP contribution in [0.5, 0.6) is 0 Å².